The summed E-state index contributed by atoms with van der Waals surface area (Å²) < 4.78 is 36.8. The highest BCUT2D eigenvalue weighted by Crippen LogP contribution is 2.34. The van der Waals surface area contributed by atoms with Gasteiger partial charge in [-0.1, -0.05) is 15.9 Å². The van der Waals surface area contributed by atoms with E-state index in [9.17, 15) is 13.2 Å². The van der Waals surface area contributed by atoms with Gasteiger partial charge < -0.3 is 11.5 Å². The lowest BCUT2D eigenvalue weighted by Crippen LogP contribution is -2.08. The Labute approximate surface area is 87.2 Å². The molecule has 1 aromatic rings. The molecule has 0 atom stereocenters. The highest BCUT2D eigenvalue weighted by atomic mass is 79.9. The largest absolute Gasteiger partial charge is 0.416 e. The van der Waals surface area contributed by atoms with Crippen molar-refractivity contribution in [2.24, 2.45) is 0 Å². The number of halogens is 4. The minimum Gasteiger partial charge on any atom is -0.398 e. The lowest BCUT2D eigenvalue weighted by Gasteiger charge is -2.12. The first-order valence-electron chi connectivity index (χ1n) is 3.67. The van der Waals surface area contributed by atoms with Gasteiger partial charge in [-0.15, -0.1) is 0 Å². The van der Waals surface area contributed by atoms with Crippen LogP contribution in [0.4, 0.5) is 24.5 Å². The van der Waals surface area contributed by atoms with E-state index in [1.807, 2.05) is 0 Å². The average Bonchev–Trinajstić information content (AvgIpc) is 2.01. The van der Waals surface area contributed by atoms with Gasteiger partial charge in [0.1, 0.15) is 0 Å². The van der Waals surface area contributed by atoms with Crippen molar-refractivity contribution in [2.75, 3.05) is 11.5 Å². The van der Waals surface area contributed by atoms with Crippen LogP contribution in [0.5, 0.6) is 0 Å². The zero-order valence-corrected chi connectivity index (χ0v) is 8.61. The molecule has 0 spiro atoms. The molecule has 0 aliphatic rings. The maximum atomic E-state index is 12.3. The molecule has 0 bridgehead atoms. The van der Waals surface area contributed by atoms with Gasteiger partial charge in [0.25, 0.3) is 0 Å². The fourth-order valence-corrected chi connectivity index (χ4v) is 1.68. The van der Waals surface area contributed by atoms with Crippen LogP contribution < -0.4 is 11.5 Å². The van der Waals surface area contributed by atoms with Crippen LogP contribution in [0.25, 0.3) is 0 Å². The third-order valence-electron chi connectivity index (χ3n) is 1.78. The number of nitrogens with two attached hydrogens (primary N) is 2. The molecule has 0 unspecified atom stereocenters. The summed E-state index contributed by atoms with van der Waals surface area (Å²) in [5, 5.41) is 0.336. The number of hydrogen-bond donors (Lipinski definition) is 2. The van der Waals surface area contributed by atoms with Crippen molar-refractivity contribution in [3.63, 3.8) is 0 Å². The molecule has 14 heavy (non-hydrogen) atoms. The first-order chi connectivity index (χ1) is 6.36. The SMILES string of the molecule is Nc1cc(C(F)(F)F)cc(N)c1CBr. The second-order valence-corrected chi connectivity index (χ2v) is 3.33. The highest BCUT2D eigenvalue weighted by Gasteiger charge is 2.31. The van der Waals surface area contributed by atoms with E-state index in [1.165, 1.54) is 0 Å². The predicted octanol–water partition coefficient (Wildman–Crippen LogP) is 2.76. The molecule has 0 aromatic heterocycles. The summed E-state index contributed by atoms with van der Waals surface area (Å²) in [7, 11) is 0. The van der Waals surface area contributed by atoms with Gasteiger partial charge in [-0.25, -0.2) is 0 Å². The molecule has 0 amide bonds. The maximum Gasteiger partial charge on any atom is 0.416 e. The van der Waals surface area contributed by atoms with E-state index >= 15 is 0 Å². The van der Waals surface area contributed by atoms with Crippen molar-refractivity contribution in [2.45, 2.75) is 11.5 Å². The third kappa shape index (κ3) is 2.12. The Morgan fingerprint density at radius 3 is 1.86 bits per heavy atom. The van der Waals surface area contributed by atoms with Crippen LogP contribution in [-0.2, 0) is 11.5 Å². The second kappa shape index (κ2) is 3.68. The van der Waals surface area contributed by atoms with Crippen molar-refractivity contribution in [3.05, 3.63) is 23.3 Å². The van der Waals surface area contributed by atoms with Crippen molar-refractivity contribution in [1.82, 2.24) is 0 Å². The summed E-state index contributed by atoms with van der Waals surface area (Å²) in [6.07, 6.45) is -4.41. The molecule has 2 nitrogen and oxygen atoms in total. The Kier molecular flexibility index (Phi) is 2.94. The van der Waals surface area contributed by atoms with E-state index in [0.29, 0.717) is 10.9 Å². The fourth-order valence-electron chi connectivity index (χ4n) is 1.04. The molecule has 0 saturated heterocycles. The van der Waals surface area contributed by atoms with Crippen LogP contribution in [0.3, 0.4) is 0 Å². The molecular formula is C8H8BrF3N2. The van der Waals surface area contributed by atoms with Gasteiger partial charge in [0.15, 0.2) is 0 Å². The Balaban J connectivity index is 3.28. The summed E-state index contributed by atoms with van der Waals surface area (Å²) in [5.41, 5.74) is 10.6. The molecule has 1 aromatic carbocycles. The summed E-state index contributed by atoms with van der Waals surface area (Å²) in [4.78, 5) is 0. The average molecular weight is 269 g/mol. The Hall–Kier alpha value is -0.910. The number of benzene rings is 1. The molecule has 0 heterocycles. The van der Waals surface area contributed by atoms with Gasteiger partial charge in [-0.3, -0.25) is 0 Å². The lowest BCUT2D eigenvalue weighted by molar-refractivity contribution is -0.137. The van der Waals surface area contributed by atoms with Crippen molar-refractivity contribution in [3.8, 4) is 0 Å². The minimum atomic E-state index is -4.41. The number of hydrogen-bond acceptors (Lipinski definition) is 2. The normalized spacial score (nSPS) is 11.7. The van der Waals surface area contributed by atoms with Crippen LogP contribution in [-0.4, -0.2) is 0 Å². The zero-order chi connectivity index (χ0) is 10.9. The molecule has 0 fully saturated rings. The summed E-state index contributed by atoms with van der Waals surface area (Å²) >= 11 is 3.09. The molecule has 1 rings (SSSR count). The third-order valence-corrected chi connectivity index (χ3v) is 2.34. The van der Waals surface area contributed by atoms with E-state index in [0.717, 1.165) is 12.1 Å². The van der Waals surface area contributed by atoms with Crippen molar-refractivity contribution < 1.29 is 13.2 Å². The molecular weight excluding hydrogens is 261 g/mol. The summed E-state index contributed by atoms with van der Waals surface area (Å²) in [6, 6.07) is 1.76. The monoisotopic (exact) mass is 268 g/mol. The number of alkyl halides is 4. The molecule has 0 aliphatic heterocycles. The van der Waals surface area contributed by atoms with E-state index in [4.69, 9.17) is 11.5 Å². The molecule has 0 aliphatic carbocycles. The van der Waals surface area contributed by atoms with Crippen LogP contribution in [0, 0.1) is 0 Å². The first kappa shape index (κ1) is 11.2. The Morgan fingerprint density at radius 2 is 1.57 bits per heavy atom. The molecule has 6 heteroatoms. The molecule has 0 saturated carbocycles. The molecule has 4 N–H and O–H groups in total. The summed E-state index contributed by atoms with van der Waals surface area (Å²) in [5.74, 6) is 0. The van der Waals surface area contributed by atoms with Crippen molar-refractivity contribution >= 4 is 27.3 Å². The topological polar surface area (TPSA) is 52.0 Å². The van der Waals surface area contributed by atoms with Gasteiger partial charge in [0, 0.05) is 22.3 Å². The number of rotatable bonds is 1. The zero-order valence-electron chi connectivity index (χ0n) is 7.03. The van der Waals surface area contributed by atoms with E-state index < -0.39 is 11.7 Å². The molecule has 0 radical (unpaired) electrons. The lowest BCUT2D eigenvalue weighted by atomic mass is 10.1. The first-order valence-corrected chi connectivity index (χ1v) is 4.79. The minimum absolute atomic E-state index is 0.0502. The highest BCUT2D eigenvalue weighted by molar-refractivity contribution is 9.08. The van der Waals surface area contributed by atoms with Crippen LogP contribution >= 0.6 is 15.9 Å². The molecule has 78 valence electrons. The maximum absolute atomic E-state index is 12.3. The Bertz CT molecular complexity index is 326. The van der Waals surface area contributed by atoms with Gasteiger partial charge in [0.2, 0.25) is 0 Å². The number of anilines is 2. The predicted molar refractivity (Wildman–Crippen MR) is 52.9 cm³/mol. The summed E-state index contributed by atoms with van der Waals surface area (Å²) in [6.45, 7) is 0. The van der Waals surface area contributed by atoms with Gasteiger partial charge in [-0.05, 0) is 12.1 Å². The van der Waals surface area contributed by atoms with Crippen LogP contribution in [0.1, 0.15) is 11.1 Å². The number of nitrogen functional groups attached to an aromatic ring is 2. The fraction of sp³-hybridized carbons (Fsp3) is 0.250. The van der Waals surface area contributed by atoms with Crippen molar-refractivity contribution in [1.29, 1.82) is 0 Å². The van der Waals surface area contributed by atoms with E-state index in [2.05, 4.69) is 15.9 Å². The standard InChI is InChI=1S/C8H8BrF3N2/c9-3-5-6(13)1-4(2-7(5)14)8(10,11)12/h1-2H,3,13-14H2. The van der Waals surface area contributed by atoms with Crippen LogP contribution in [0.15, 0.2) is 12.1 Å². The van der Waals surface area contributed by atoms with E-state index in [1.54, 1.807) is 0 Å². The van der Waals surface area contributed by atoms with Crippen LogP contribution in [0.2, 0.25) is 0 Å². The van der Waals surface area contributed by atoms with Gasteiger partial charge >= 0.3 is 6.18 Å². The second-order valence-electron chi connectivity index (χ2n) is 2.76. The smallest absolute Gasteiger partial charge is 0.398 e. The van der Waals surface area contributed by atoms with E-state index in [-0.39, 0.29) is 11.4 Å². The quantitative estimate of drug-likeness (QED) is 0.608. The van der Waals surface area contributed by atoms with Gasteiger partial charge in [0.05, 0.1) is 5.56 Å². The van der Waals surface area contributed by atoms with Gasteiger partial charge in [-0.2, -0.15) is 13.2 Å². The Morgan fingerprint density at radius 1 is 1.14 bits per heavy atom.